The van der Waals surface area contributed by atoms with Gasteiger partial charge in [0.2, 0.25) is 11.8 Å². The summed E-state index contributed by atoms with van der Waals surface area (Å²) in [4.78, 5) is 66.0. The number of rotatable bonds is 22. The number of carbonyl (C=O) groups excluding carboxylic acids is 5. The number of ether oxygens (including phenoxy) is 5. The third-order valence-electron chi connectivity index (χ3n) is 8.15. The fourth-order valence-corrected chi connectivity index (χ4v) is 5.31. The van der Waals surface area contributed by atoms with Crippen molar-refractivity contribution in [1.82, 2.24) is 10.6 Å². The minimum absolute atomic E-state index is 0.0457. The molecule has 1 heterocycles. The van der Waals surface area contributed by atoms with E-state index in [9.17, 15) is 29.1 Å². The number of esters is 2. The lowest BCUT2D eigenvalue weighted by Gasteiger charge is -2.44. The molecule has 4 N–H and O–H groups in total. The topological polar surface area (TPSA) is 212 Å². The van der Waals surface area contributed by atoms with E-state index < -0.39 is 73.1 Å². The number of nitrogens with zero attached hydrogens (tertiary/aromatic N) is 1. The third kappa shape index (κ3) is 14.1. The van der Waals surface area contributed by atoms with Crippen molar-refractivity contribution in [3.8, 4) is 6.07 Å². The van der Waals surface area contributed by atoms with Gasteiger partial charge in [0.1, 0.15) is 6.10 Å². The molecule has 1 saturated heterocycles. The van der Waals surface area contributed by atoms with Crippen molar-refractivity contribution in [2.45, 2.75) is 95.9 Å². The van der Waals surface area contributed by atoms with E-state index >= 15 is 0 Å². The number of anilines is 1. The van der Waals surface area contributed by atoms with Crippen molar-refractivity contribution in [1.29, 1.82) is 5.26 Å². The summed E-state index contributed by atoms with van der Waals surface area (Å²) in [7, 11) is 1.24. The average Bonchev–Trinajstić information content (AvgIpc) is 3.13. The first kappa shape index (κ1) is 43.4. The molecule has 15 heteroatoms. The van der Waals surface area contributed by atoms with E-state index in [0.717, 1.165) is 25.7 Å². The second-order valence-electron chi connectivity index (χ2n) is 12.2. The Labute approximate surface area is 305 Å². The van der Waals surface area contributed by atoms with Gasteiger partial charge in [0, 0.05) is 38.7 Å². The molecule has 1 aliphatic rings. The number of nitrogens with one attached hydrogen (secondary N) is 3. The van der Waals surface area contributed by atoms with Gasteiger partial charge in [-0.25, -0.2) is 4.79 Å². The van der Waals surface area contributed by atoms with E-state index in [-0.39, 0.29) is 37.3 Å². The lowest BCUT2D eigenvalue weighted by molar-refractivity contribution is -0.300. The van der Waals surface area contributed by atoms with Crippen LogP contribution in [0.15, 0.2) is 49.6 Å². The summed E-state index contributed by atoms with van der Waals surface area (Å²) in [6, 6.07) is 7.85. The van der Waals surface area contributed by atoms with Gasteiger partial charge >= 0.3 is 18.0 Å². The van der Waals surface area contributed by atoms with Crippen LogP contribution in [0.1, 0.15) is 70.8 Å². The molecule has 0 aromatic heterocycles. The average molecular weight is 729 g/mol. The number of aliphatic hydroxyl groups is 1. The number of benzene rings is 1. The quantitative estimate of drug-likeness (QED) is 0.0583. The maximum absolute atomic E-state index is 13.8. The summed E-state index contributed by atoms with van der Waals surface area (Å²) in [6.45, 7) is 11.4. The number of carbonyl (C=O) groups is 5. The molecular weight excluding hydrogens is 676 g/mol. The summed E-state index contributed by atoms with van der Waals surface area (Å²) in [5, 5.41) is 27.4. The molecular formula is C37H52N4O11. The van der Waals surface area contributed by atoms with Gasteiger partial charge < -0.3 is 39.4 Å². The van der Waals surface area contributed by atoms with Crippen molar-refractivity contribution in [2.75, 3.05) is 32.1 Å². The highest BCUT2D eigenvalue weighted by Crippen LogP contribution is 2.31. The summed E-state index contributed by atoms with van der Waals surface area (Å²) < 4.78 is 28.8. The normalized spacial score (nSPS) is 20.6. The largest absolute Gasteiger partial charge is 0.454 e. The van der Waals surface area contributed by atoms with Crippen LogP contribution in [-0.2, 0) is 42.9 Å². The number of unbranched alkanes of at least 4 members (excludes halogenated alkanes) is 2. The molecule has 7 atom stereocenters. The molecule has 0 unspecified atom stereocenters. The van der Waals surface area contributed by atoms with Gasteiger partial charge in [0.05, 0.1) is 30.1 Å². The Bertz CT molecular complexity index is 1380. The van der Waals surface area contributed by atoms with E-state index in [0.29, 0.717) is 18.7 Å². The monoisotopic (exact) mass is 728 g/mol. The highest BCUT2D eigenvalue weighted by molar-refractivity contribution is 5.85. The van der Waals surface area contributed by atoms with Crippen LogP contribution < -0.4 is 16.0 Å². The molecule has 1 aliphatic heterocycles. The number of methoxy groups -OCH3 is 1. The van der Waals surface area contributed by atoms with E-state index in [1.165, 1.54) is 43.5 Å². The fourth-order valence-electron chi connectivity index (χ4n) is 5.31. The second kappa shape index (κ2) is 23.6. The van der Waals surface area contributed by atoms with Gasteiger partial charge in [-0.3, -0.25) is 24.5 Å². The number of amides is 3. The van der Waals surface area contributed by atoms with Crippen molar-refractivity contribution >= 4 is 35.5 Å². The van der Waals surface area contributed by atoms with Crippen molar-refractivity contribution < 1.29 is 52.8 Å². The Morgan fingerprint density at radius 3 is 1.83 bits per heavy atom. The van der Waals surface area contributed by atoms with Crippen LogP contribution >= 0.6 is 0 Å². The molecule has 3 amide bonds. The number of aliphatic hydroxyl groups excluding tert-OH is 1. The lowest BCUT2D eigenvalue weighted by Crippen LogP contribution is -2.63. The standard InChI is InChI=1S/C37H52N4O11/c1-6-10-18-39-29(43)20-25(12-8-3)34(45)50-32-31(52-37(47)41-27-16-14-24(22-38)15-17-27)28(23-42)49-36(48-5)33(32)51-35(46)26(13-9-4)21-30(44)40-19-11-7-2/h8-9,14-17,25-26,28,31-33,36,42H,3-4,6-7,10-13,18-21,23H2,1-2,5H3,(H,39,43)(H,40,44)(H,41,47)/t25-,26+,28+,31+,32-,33+,36-/m0/s1. The highest BCUT2D eigenvalue weighted by atomic mass is 16.7. The molecule has 1 aromatic rings. The molecule has 2 rings (SSSR count). The molecule has 0 spiro atoms. The second-order valence-corrected chi connectivity index (χ2v) is 12.2. The first-order valence-electron chi connectivity index (χ1n) is 17.5. The van der Waals surface area contributed by atoms with Gasteiger partial charge in [-0.05, 0) is 49.9 Å². The van der Waals surface area contributed by atoms with Gasteiger partial charge in [-0.15, -0.1) is 13.2 Å². The maximum atomic E-state index is 13.8. The zero-order chi connectivity index (χ0) is 38.5. The smallest absolute Gasteiger partial charge is 0.412 e. The van der Waals surface area contributed by atoms with Gasteiger partial charge in [0.25, 0.3) is 0 Å². The third-order valence-corrected chi connectivity index (χ3v) is 8.15. The molecule has 0 aliphatic carbocycles. The van der Waals surface area contributed by atoms with Crippen LogP contribution in [0.3, 0.4) is 0 Å². The van der Waals surface area contributed by atoms with E-state index in [1.807, 2.05) is 19.9 Å². The number of nitriles is 1. The minimum Gasteiger partial charge on any atom is -0.454 e. The Morgan fingerprint density at radius 2 is 1.38 bits per heavy atom. The number of hydrogen-bond acceptors (Lipinski definition) is 12. The van der Waals surface area contributed by atoms with Crippen molar-refractivity contribution in [3.63, 3.8) is 0 Å². The van der Waals surface area contributed by atoms with Crippen LogP contribution in [0.25, 0.3) is 0 Å². The Morgan fingerprint density at radius 1 is 0.865 bits per heavy atom. The molecule has 1 aromatic carbocycles. The Balaban J connectivity index is 2.48. The zero-order valence-electron chi connectivity index (χ0n) is 30.2. The van der Waals surface area contributed by atoms with E-state index in [1.54, 1.807) is 0 Å². The van der Waals surface area contributed by atoms with Crippen LogP contribution in [0.4, 0.5) is 10.5 Å². The first-order valence-corrected chi connectivity index (χ1v) is 17.5. The summed E-state index contributed by atoms with van der Waals surface area (Å²) in [5.41, 5.74) is 0.612. The van der Waals surface area contributed by atoms with Crippen LogP contribution in [0.2, 0.25) is 0 Å². The minimum atomic E-state index is -1.63. The number of allylic oxidation sites excluding steroid dienone is 2. The van der Waals surface area contributed by atoms with Gasteiger partial charge in [-0.2, -0.15) is 5.26 Å². The first-order chi connectivity index (χ1) is 25.0. The number of hydrogen-bond donors (Lipinski definition) is 4. The van der Waals surface area contributed by atoms with E-state index in [2.05, 4.69) is 29.1 Å². The SMILES string of the molecule is C=CC[C@@H](CC(=O)NCCCC)C(=O)O[C@@H]1[C@@H](OC(=O)[C@H](CC=C)CC(=O)NCCCC)[C@@H](OC)O[C@H](CO)[C@H]1OC(=O)Nc1ccc(C#N)cc1. The maximum Gasteiger partial charge on any atom is 0.412 e. The molecule has 52 heavy (non-hydrogen) atoms. The Kier molecular flexibility index (Phi) is 19.7. The van der Waals surface area contributed by atoms with Crippen molar-refractivity contribution in [2.24, 2.45) is 11.8 Å². The molecule has 1 fully saturated rings. The van der Waals surface area contributed by atoms with Crippen LogP contribution in [-0.4, -0.2) is 92.5 Å². The van der Waals surface area contributed by atoms with Gasteiger partial charge in [0.15, 0.2) is 24.6 Å². The molecule has 0 bridgehead atoms. The summed E-state index contributed by atoms with van der Waals surface area (Å²) >= 11 is 0. The van der Waals surface area contributed by atoms with Crippen LogP contribution in [0.5, 0.6) is 0 Å². The lowest BCUT2D eigenvalue weighted by atomic mass is 9.96. The van der Waals surface area contributed by atoms with E-state index in [4.69, 9.17) is 28.9 Å². The zero-order valence-corrected chi connectivity index (χ0v) is 30.2. The summed E-state index contributed by atoms with van der Waals surface area (Å²) in [6.07, 6.45) is -2.85. The van der Waals surface area contributed by atoms with Crippen molar-refractivity contribution in [3.05, 3.63) is 55.1 Å². The summed E-state index contributed by atoms with van der Waals surface area (Å²) in [5.74, 6) is -4.57. The highest BCUT2D eigenvalue weighted by Gasteiger charge is 2.53. The predicted octanol–water partition coefficient (Wildman–Crippen LogP) is 3.66. The Hall–Kier alpha value is -4.78. The van der Waals surface area contributed by atoms with Gasteiger partial charge in [-0.1, -0.05) is 38.8 Å². The fraction of sp³-hybridized carbons (Fsp3) is 0.568. The molecule has 0 radical (unpaired) electrons. The predicted molar refractivity (Wildman–Crippen MR) is 189 cm³/mol. The molecule has 0 saturated carbocycles. The molecule has 15 nitrogen and oxygen atoms in total. The molecule has 286 valence electrons. The van der Waals surface area contributed by atoms with Crippen LogP contribution in [0, 0.1) is 23.2 Å².